The van der Waals surface area contributed by atoms with Gasteiger partial charge in [0, 0.05) is 63.8 Å². The van der Waals surface area contributed by atoms with Crippen LogP contribution in [0.4, 0.5) is 16.0 Å². The molecule has 2 aromatic heterocycles. The predicted octanol–water partition coefficient (Wildman–Crippen LogP) is 1.40. The van der Waals surface area contributed by atoms with Gasteiger partial charge in [0.15, 0.2) is 17.6 Å². The van der Waals surface area contributed by atoms with Crippen LogP contribution in [0.3, 0.4) is 0 Å². The van der Waals surface area contributed by atoms with Crippen LogP contribution in [0.25, 0.3) is 0 Å². The zero-order valence-corrected chi connectivity index (χ0v) is 17.2. The van der Waals surface area contributed by atoms with E-state index in [2.05, 4.69) is 36.6 Å². The van der Waals surface area contributed by atoms with E-state index in [0.717, 1.165) is 56.6 Å². The third-order valence-electron chi connectivity index (χ3n) is 5.42. The minimum atomic E-state index is -0.284. The fourth-order valence-corrected chi connectivity index (χ4v) is 3.88. The van der Waals surface area contributed by atoms with Gasteiger partial charge in [0.2, 0.25) is 0 Å². The Kier molecular flexibility index (Phi) is 6.58. The van der Waals surface area contributed by atoms with E-state index in [0.29, 0.717) is 18.9 Å². The number of guanidine groups is 1. The van der Waals surface area contributed by atoms with E-state index < -0.39 is 0 Å². The summed E-state index contributed by atoms with van der Waals surface area (Å²) in [6, 6.07) is 7.26. The number of nitrogens with zero attached hydrogens (tertiary/aromatic N) is 5. The normalized spacial score (nSPS) is 19.8. The van der Waals surface area contributed by atoms with Gasteiger partial charge in [0.1, 0.15) is 5.82 Å². The molecule has 4 heterocycles. The van der Waals surface area contributed by atoms with E-state index >= 15 is 0 Å². The molecule has 1 atom stereocenters. The minimum absolute atomic E-state index is 0.171. The van der Waals surface area contributed by atoms with Crippen LogP contribution < -0.4 is 20.4 Å². The number of ether oxygens (including phenoxy) is 1. The molecule has 4 rings (SSSR count). The Morgan fingerprint density at radius 1 is 1.13 bits per heavy atom. The molecular formula is C21H28FN7O. The lowest BCUT2D eigenvalue weighted by Gasteiger charge is -2.29. The van der Waals surface area contributed by atoms with Gasteiger partial charge in [0.05, 0.1) is 13.2 Å². The second-order valence-electron chi connectivity index (χ2n) is 7.40. The van der Waals surface area contributed by atoms with Gasteiger partial charge in [0.25, 0.3) is 0 Å². The molecule has 0 radical (unpaired) electrons. The summed E-state index contributed by atoms with van der Waals surface area (Å²) in [7, 11) is 1.76. The summed E-state index contributed by atoms with van der Waals surface area (Å²) >= 11 is 0. The fraction of sp³-hybridized carbons (Fsp3) is 0.476. The number of pyridine rings is 2. The van der Waals surface area contributed by atoms with Crippen LogP contribution in [-0.2, 0) is 11.3 Å². The van der Waals surface area contributed by atoms with Crippen molar-refractivity contribution >= 4 is 17.6 Å². The highest BCUT2D eigenvalue weighted by Crippen LogP contribution is 2.21. The number of hydrogen-bond donors (Lipinski definition) is 2. The second-order valence-corrected chi connectivity index (χ2v) is 7.40. The molecule has 2 saturated heterocycles. The van der Waals surface area contributed by atoms with Crippen molar-refractivity contribution in [3.8, 4) is 0 Å². The highest BCUT2D eigenvalue weighted by atomic mass is 19.1. The van der Waals surface area contributed by atoms with Crippen molar-refractivity contribution in [1.82, 2.24) is 20.6 Å². The third-order valence-corrected chi connectivity index (χ3v) is 5.42. The quantitative estimate of drug-likeness (QED) is 0.567. The molecule has 2 aromatic rings. The third kappa shape index (κ3) is 4.79. The van der Waals surface area contributed by atoms with Crippen molar-refractivity contribution in [3.05, 3.63) is 48.0 Å². The molecule has 2 aliphatic rings. The number of nitrogens with one attached hydrogen (secondary N) is 2. The number of hydrogen-bond acceptors (Lipinski definition) is 6. The molecule has 0 aliphatic carbocycles. The van der Waals surface area contributed by atoms with E-state index in [1.54, 1.807) is 19.3 Å². The largest absolute Gasteiger partial charge is 0.378 e. The fourth-order valence-electron chi connectivity index (χ4n) is 3.88. The van der Waals surface area contributed by atoms with Crippen LogP contribution >= 0.6 is 0 Å². The lowest BCUT2D eigenvalue weighted by Crippen LogP contribution is -2.44. The van der Waals surface area contributed by atoms with Crippen LogP contribution in [0.5, 0.6) is 0 Å². The number of morpholine rings is 1. The van der Waals surface area contributed by atoms with Crippen LogP contribution in [-0.4, -0.2) is 68.4 Å². The zero-order valence-electron chi connectivity index (χ0n) is 17.2. The van der Waals surface area contributed by atoms with Crippen LogP contribution in [0.2, 0.25) is 0 Å². The van der Waals surface area contributed by atoms with E-state index in [9.17, 15) is 4.39 Å². The molecule has 0 bridgehead atoms. The van der Waals surface area contributed by atoms with Crippen molar-refractivity contribution < 1.29 is 9.13 Å². The highest BCUT2D eigenvalue weighted by Gasteiger charge is 2.26. The maximum absolute atomic E-state index is 14.0. The Balaban J connectivity index is 1.34. The molecule has 0 amide bonds. The summed E-state index contributed by atoms with van der Waals surface area (Å²) in [6.45, 7) is 5.19. The first-order valence-electron chi connectivity index (χ1n) is 10.3. The number of aliphatic imine (C=N–C) groups is 1. The summed E-state index contributed by atoms with van der Waals surface area (Å²) in [5.41, 5.74) is 1.12. The molecule has 0 saturated carbocycles. The standard InChI is InChI=1S/C21H28FN7O/c1-23-21(27-17-6-9-29(15-17)20-18(22)5-3-8-25-20)26-14-16-4-2-7-24-19(16)28-10-12-30-13-11-28/h2-5,7-8,17H,6,9-15H2,1H3,(H2,23,26,27). The molecular weight excluding hydrogens is 385 g/mol. The first-order chi connectivity index (χ1) is 14.7. The van der Waals surface area contributed by atoms with Gasteiger partial charge < -0.3 is 25.2 Å². The molecule has 30 heavy (non-hydrogen) atoms. The summed E-state index contributed by atoms with van der Waals surface area (Å²) in [6.07, 6.45) is 4.34. The van der Waals surface area contributed by atoms with E-state index in [-0.39, 0.29) is 11.9 Å². The molecule has 9 heteroatoms. The smallest absolute Gasteiger partial charge is 0.191 e. The lowest BCUT2D eigenvalue weighted by molar-refractivity contribution is 0.122. The molecule has 0 aromatic carbocycles. The monoisotopic (exact) mass is 413 g/mol. The Labute approximate surface area is 176 Å². The van der Waals surface area contributed by atoms with Crippen molar-refractivity contribution in [3.63, 3.8) is 0 Å². The average molecular weight is 414 g/mol. The van der Waals surface area contributed by atoms with E-state index in [4.69, 9.17) is 4.74 Å². The van der Waals surface area contributed by atoms with Crippen molar-refractivity contribution in [1.29, 1.82) is 0 Å². The molecule has 2 fully saturated rings. The van der Waals surface area contributed by atoms with Crippen molar-refractivity contribution in [2.45, 2.75) is 19.0 Å². The Hall–Kier alpha value is -2.94. The zero-order chi connectivity index (χ0) is 20.8. The Morgan fingerprint density at radius 3 is 2.67 bits per heavy atom. The molecule has 0 spiro atoms. The van der Waals surface area contributed by atoms with Gasteiger partial charge >= 0.3 is 0 Å². The van der Waals surface area contributed by atoms with Gasteiger partial charge in [-0.15, -0.1) is 0 Å². The summed E-state index contributed by atoms with van der Waals surface area (Å²) in [5.74, 6) is 1.84. The van der Waals surface area contributed by atoms with Crippen molar-refractivity contribution in [2.75, 3.05) is 56.2 Å². The predicted molar refractivity (Wildman–Crippen MR) is 115 cm³/mol. The molecule has 1 unspecified atom stereocenters. The van der Waals surface area contributed by atoms with Crippen molar-refractivity contribution in [2.24, 2.45) is 4.99 Å². The summed E-state index contributed by atoms with van der Waals surface area (Å²) in [5, 5.41) is 6.84. The minimum Gasteiger partial charge on any atom is -0.378 e. The molecule has 160 valence electrons. The van der Waals surface area contributed by atoms with Crippen LogP contribution in [0, 0.1) is 5.82 Å². The number of rotatable bonds is 5. The highest BCUT2D eigenvalue weighted by molar-refractivity contribution is 5.80. The molecule has 2 aliphatic heterocycles. The topological polar surface area (TPSA) is 77.9 Å². The summed E-state index contributed by atoms with van der Waals surface area (Å²) in [4.78, 5) is 17.3. The van der Waals surface area contributed by atoms with Gasteiger partial charge in [-0.3, -0.25) is 4.99 Å². The van der Waals surface area contributed by atoms with Crippen LogP contribution in [0.15, 0.2) is 41.7 Å². The maximum atomic E-state index is 14.0. The summed E-state index contributed by atoms with van der Waals surface area (Å²) < 4.78 is 19.5. The number of aromatic nitrogens is 2. The van der Waals surface area contributed by atoms with Gasteiger partial charge in [-0.25, -0.2) is 14.4 Å². The lowest BCUT2D eigenvalue weighted by atomic mass is 10.2. The average Bonchev–Trinajstić information content (AvgIpc) is 3.26. The molecule has 2 N–H and O–H groups in total. The number of halogens is 1. The van der Waals surface area contributed by atoms with Gasteiger partial charge in [-0.2, -0.15) is 0 Å². The SMILES string of the molecule is CN=C(NCc1cccnc1N1CCOCC1)NC1CCN(c2ncccc2F)C1. The van der Waals surface area contributed by atoms with E-state index in [1.165, 1.54) is 6.07 Å². The first kappa shape index (κ1) is 20.3. The molecule has 8 nitrogen and oxygen atoms in total. The first-order valence-corrected chi connectivity index (χ1v) is 10.3. The Morgan fingerprint density at radius 2 is 1.90 bits per heavy atom. The van der Waals surface area contributed by atoms with E-state index in [1.807, 2.05) is 17.2 Å². The Bertz CT molecular complexity index is 872. The van der Waals surface area contributed by atoms with Gasteiger partial charge in [-0.05, 0) is 24.6 Å². The van der Waals surface area contributed by atoms with Crippen LogP contribution in [0.1, 0.15) is 12.0 Å². The number of anilines is 2. The maximum Gasteiger partial charge on any atom is 0.191 e. The second kappa shape index (κ2) is 9.71. The van der Waals surface area contributed by atoms with Gasteiger partial charge in [-0.1, -0.05) is 6.07 Å².